The summed E-state index contributed by atoms with van der Waals surface area (Å²) in [6.45, 7) is 6.33. The van der Waals surface area contributed by atoms with Crippen molar-refractivity contribution < 1.29 is 9.59 Å². The van der Waals surface area contributed by atoms with Crippen LogP contribution in [0.5, 0.6) is 0 Å². The Morgan fingerprint density at radius 3 is 2.42 bits per heavy atom. The Kier molecular flexibility index (Phi) is 6.59. The first kappa shape index (κ1) is 18.2. The van der Waals surface area contributed by atoms with Crippen LogP contribution in [0.3, 0.4) is 0 Å². The van der Waals surface area contributed by atoms with Crippen LogP contribution in [0.1, 0.15) is 32.3 Å². The summed E-state index contributed by atoms with van der Waals surface area (Å²) >= 11 is 0. The molecule has 24 heavy (non-hydrogen) atoms. The highest BCUT2D eigenvalue weighted by atomic mass is 16.2. The third-order valence-electron chi connectivity index (χ3n) is 4.39. The molecule has 4 heteroatoms. The number of likely N-dealkylation sites (tertiary alicyclic amines) is 1. The van der Waals surface area contributed by atoms with E-state index in [1.807, 2.05) is 53.3 Å². The van der Waals surface area contributed by atoms with E-state index in [1.165, 1.54) is 0 Å². The normalized spacial score (nSPS) is 15.9. The van der Waals surface area contributed by atoms with Crippen LogP contribution < -0.4 is 0 Å². The Balaban J connectivity index is 1.82. The minimum atomic E-state index is 0.0280. The van der Waals surface area contributed by atoms with Gasteiger partial charge in [-0.15, -0.1) is 0 Å². The predicted octanol–water partition coefficient (Wildman–Crippen LogP) is 3.05. The molecule has 0 atom stereocenters. The number of rotatable bonds is 5. The summed E-state index contributed by atoms with van der Waals surface area (Å²) in [6.07, 6.45) is 4.98. The van der Waals surface area contributed by atoms with Crippen LogP contribution in [-0.4, -0.2) is 48.3 Å². The highest BCUT2D eigenvalue weighted by molar-refractivity contribution is 5.92. The molecule has 1 aromatic carbocycles. The molecule has 2 rings (SSSR count). The molecule has 1 aliphatic heterocycles. The van der Waals surface area contributed by atoms with Gasteiger partial charge in [-0.3, -0.25) is 9.59 Å². The number of carbonyl (C=O) groups is 2. The maximum absolute atomic E-state index is 12.4. The van der Waals surface area contributed by atoms with Gasteiger partial charge < -0.3 is 9.80 Å². The van der Waals surface area contributed by atoms with Crippen molar-refractivity contribution in [3.63, 3.8) is 0 Å². The highest BCUT2D eigenvalue weighted by Gasteiger charge is 2.28. The van der Waals surface area contributed by atoms with Gasteiger partial charge in [0.05, 0.1) is 0 Å². The van der Waals surface area contributed by atoms with Gasteiger partial charge in [-0.1, -0.05) is 44.2 Å². The van der Waals surface area contributed by atoms with Crippen LogP contribution in [0, 0.1) is 11.8 Å². The smallest absolute Gasteiger partial charge is 0.246 e. The van der Waals surface area contributed by atoms with Crippen molar-refractivity contribution in [3.05, 3.63) is 42.0 Å². The molecule has 0 bridgehead atoms. The highest BCUT2D eigenvalue weighted by Crippen LogP contribution is 2.20. The summed E-state index contributed by atoms with van der Waals surface area (Å²) in [5.41, 5.74) is 1.02. The zero-order valence-corrected chi connectivity index (χ0v) is 14.9. The lowest BCUT2D eigenvalue weighted by Gasteiger charge is -2.33. The van der Waals surface area contributed by atoms with Gasteiger partial charge in [0.15, 0.2) is 0 Å². The molecule has 0 radical (unpaired) electrons. The largest absolute Gasteiger partial charge is 0.345 e. The van der Waals surface area contributed by atoms with Gasteiger partial charge in [0.2, 0.25) is 11.8 Å². The lowest BCUT2D eigenvalue weighted by Crippen LogP contribution is -2.43. The Labute approximate surface area is 145 Å². The van der Waals surface area contributed by atoms with E-state index in [4.69, 9.17) is 0 Å². The molecule has 0 unspecified atom stereocenters. The first-order valence-corrected chi connectivity index (χ1v) is 8.74. The van der Waals surface area contributed by atoms with Crippen LogP contribution in [0.15, 0.2) is 36.4 Å². The topological polar surface area (TPSA) is 40.6 Å². The van der Waals surface area contributed by atoms with Crippen LogP contribution in [-0.2, 0) is 9.59 Å². The minimum Gasteiger partial charge on any atom is -0.345 e. The van der Waals surface area contributed by atoms with Gasteiger partial charge >= 0.3 is 0 Å². The first-order chi connectivity index (χ1) is 11.5. The van der Waals surface area contributed by atoms with E-state index in [1.54, 1.807) is 6.08 Å². The Hall–Kier alpha value is -2.10. The summed E-state index contributed by atoms with van der Waals surface area (Å²) in [5.74, 6) is 0.774. The fraction of sp³-hybridized carbons (Fsp3) is 0.500. The molecule has 1 aromatic rings. The number of hydrogen-bond acceptors (Lipinski definition) is 2. The molecule has 0 aliphatic carbocycles. The second-order valence-electron chi connectivity index (χ2n) is 6.96. The van der Waals surface area contributed by atoms with Crippen LogP contribution in [0.2, 0.25) is 0 Å². The molecule has 0 saturated carbocycles. The molecule has 1 saturated heterocycles. The van der Waals surface area contributed by atoms with Crippen LogP contribution in [0.4, 0.5) is 0 Å². The van der Waals surface area contributed by atoms with E-state index in [-0.39, 0.29) is 17.7 Å². The quantitative estimate of drug-likeness (QED) is 0.780. The lowest BCUT2D eigenvalue weighted by molar-refractivity contribution is -0.138. The Morgan fingerprint density at radius 2 is 1.83 bits per heavy atom. The molecule has 130 valence electrons. The van der Waals surface area contributed by atoms with E-state index in [0.717, 1.165) is 24.9 Å². The molecule has 0 N–H and O–H groups in total. The molecule has 1 fully saturated rings. The second kappa shape index (κ2) is 8.67. The second-order valence-corrected chi connectivity index (χ2v) is 6.96. The fourth-order valence-corrected chi connectivity index (χ4v) is 3.13. The van der Waals surface area contributed by atoms with Crippen molar-refractivity contribution in [1.29, 1.82) is 0 Å². The summed E-state index contributed by atoms with van der Waals surface area (Å²) < 4.78 is 0. The molecule has 1 heterocycles. The van der Waals surface area contributed by atoms with Gasteiger partial charge in [-0.25, -0.2) is 0 Å². The van der Waals surface area contributed by atoms with Gasteiger partial charge in [-0.05, 0) is 30.4 Å². The lowest BCUT2D eigenvalue weighted by atomic mass is 9.95. The van der Waals surface area contributed by atoms with Crippen molar-refractivity contribution in [2.24, 2.45) is 11.8 Å². The van der Waals surface area contributed by atoms with Crippen molar-refractivity contribution in [2.75, 3.05) is 26.7 Å². The summed E-state index contributed by atoms with van der Waals surface area (Å²) in [5, 5.41) is 0. The van der Waals surface area contributed by atoms with E-state index >= 15 is 0 Å². The Morgan fingerprint density at radius 1 is 1.21 bits per heavy atom. The van der Waals surface area contributed by atoms with Crippen molar-refractivity contribution >= 4 is 17.9 Å². The Bertz CT molecular complexity index is 573. The average molecular weight is 328 g/mol. The molecule has 4 nitrogen and oxygen atoms in total. The standard InChI is InChI=1S/C20H28N2O2/c1-16(2)15-21(3)20(24)18-11-13-22(14-12-18)19(23)10-9-17-7-5-4-6-8-17/h4-10,16,18H,11-15H2,1-3H3/b10-9+. The number of nitrogens with zero attached hydrogens (tertiary/aromatic N) is 2. The van der Waals surface area contributed by atoms with E-state index in [2.05, 4.69) is 13.8 Å². The molecule has 1 aliphatic rings. The SMILES string of the molecule is CC(C)CN(C)C(=O)C1CCN(C(=O)/C=C/c2ccccc2)CC1. The zero-order valence-electron chi connectivity index (χ0n) is 14.9. The summed E-state index contributed by atoms with van der Waals surface area (Å²) in [6, 6.07) is 9.81. The maximum Gasteiger partial charge on any atom is 0.246 e. The van der Waals surface area contributed by atoms with Gasteiger partial charge in [0, 0.05) is 38.7 Å². The maximum atomic E-state index is 12.4. The fourth-order valence-electron chi connectivity index (χ4n) is 3.13. The van der Waals surface area contributed by atoms with E-state index in [9.17, 15) is 9.59 Å². The number of amides is 2. The van der Waals surface area contributed by atoms with Crippen molar-refractivity contribution in [3.8, 4) is 0 Å². The molecular formula is C20H28N2O2. The van der Waals surface area contributed by atoms with E-state index in [0.29, 0.717) is 19.0 Å². The molecule has 2 amide bonds. The number of piperidine rings is 1. The third-order valence-corrected chi connectivity index (χ3v) is 4.39. The molecular weight excluding hydrogens is 300 g/mol. The number of hydrogen-bond donors (Lipinski definition) is 0. The van der Waals surface area contributed by atoms with Gasteiger partial charge in [0.1, 0.15) is 0 Å². The van der Waals surface area contributed by atoms with Gasteiger partial charge in [0.25, 0.3) is 0 Å². The average Bonchev–Trinajstić information content (AvgIpc) is 2.59. The van der Waals surface area contributed by atoms with Crippen molar-refractivity contribution in [1.82, 2.24) is 9.80 Å². The van der Waals surface area contributed by atoms with Crippen molar-refractivity contribution in [2.45, 2.75) is 26.7 Å². The summed E-state index contributed by atoms with van der Waals surface area (Å²) in [4.78, 5) is 28.4. The number of benzene rings is 1. The van der Waals surface area contributed by atoms with Crippen LogP contribution in [0.25, 0.3) is 6.08 Å². The number of carbonyl (C=O) groups excluding carboxylic acids is 2. The third kappa shape index (κ3) is 5.22. The monoisotopic (exact) mass is 328 g/mol. The van der Waals surface area contributed by atoms with Crippen LogP contribution >= 0.6 is 0 Å². The molecule has 0 spiro atoms. The first-order valence-electron chi connectivity index (χ1n) is 8.74. The zero-order chi connectivity index (χ0) is 17.5. The molecule has 0 aromatic heterocycles. The van der Waals surface area contributed by atoms with Gasteiger partial charge in [-0.2, -0.15) is 0 Å². The minimum absolute atomic E-state index is 0.0280. The predicted molar refractivity (Wildman–Crippen MR) is 97.3 cm³/mol. The van der Waals surface area contributed by atoms with E-state index < -0.39 is 0 Å². The summed E-state index contributed by atoms with van der Waals surface area (Å²) in [7, 11) is 1.88.